The summed E-state index contributed by atoms with van der Waals surface area (Å²) in [6, 6.07) is 6.98. The Bertz CT molecular complexity index is 319. The van der Waals surface area contributed by atoms with E-state index < -0.39 is 5.97 Å². The second kappa shape index (κ2) is 4.77. The summed E-state index contributed by atoms with van der Waals surface area (Å²) in [4.78, 5) is 10.7. The van der Waals surface area contributed by atoms with E-state index in [-0.39, 0.29) is 5.92 Å². The number of hydrogen-bond acceptors (Lipinski definition) is 2. The van der Waals surface area contributed by atoms with Crippen molar-refractivity contribution in [3.63, 3.8) is 0 Å². The smallest absolute Gasteiger partial charge is 0.335 e. The van der Waals surface area contributed by atoms with Gasteiger partial charge in [0.05, 0.1) is 5.56 Å². The van der Waals surface area contributed by atoms with Crippen molar-refractivity contribution in [2.75, 3.05) is 6.54 Å². The van der Waals surface area contributed by atoms with Gasteiger partial charge in [-0.05, 0) is 36.6 Å². The van der Waals surface area contributed by atoms with Crippen LogP contribution in [-0.2, 0) is 0 Å². The molecule has 3 nitrogen and oxygen atoms in total. The summed E-state index contributed by atoms with van der Waals surface area (Å²) in [7, 11) is 0. The zero-order chi connectivity index (χ0) is 10.6. The number of aromatic carboxylic acids is 1. The molecule has 0 fully saturated rings. The van der Waals surface area contributed by atoms with E-state index in [2.05, 4.69) is 0 Å². The van der Waals surface area contributed by atoms with Crippen LogP contribution in [0.2, 0.25) is 0 Å². The zero-order valence-electron chi connectivity index (χ0n) is 8.23. The van der Waals surface area contributed by atoms with E-state index in [0.717, 1.165) is 12.0 Å². The fourth-order valence-electron chi connectivity index (χ4n) is 1.46. The highest BCUT2D eigenvalue weighted by Gasteiger charge is 2.09. The van der Waals surface area contributed by atoms with Gasteiger partial charge in [-0.2, -0.15) is 0 Å². The van der Waals surface area contributed by atoms with Gasteiger partial charge in [-0.15, -0.1) is 0 Å². The van der Waals surface area contributed by atoms with E-state index in [0.29, 0.717) is 12.1 Å². The number of rotatable bonds is 4. The Hall–Kier alpha value is -1.35. The average Bonchev–Trinajstić information content (AvgIpc) is 2.20. The summed E-state index contributed by atoms with van der Waals surface area (Å²) < 4.78 is 0. The zero-order valence-corrected chi connectivity index (χ0v) is 8.23. The van der Waals surface area contributed by atoms with E-state index >= 15 is 0 Å². The molecule has 1 rings (SSSR count). The lowest BCUT2D eigenvalue weighted by Crippen LogP contribution is -2.12. The van der Waals surface area contributed by atoms with Crippen molar-refractivity contribution in [1.29, 1.82) is 0 Å². The molecule has 0 bridgehead atoms. The first kappa shape index (κ1) is 10.7. The number of carbonyl (C=O) groups is 1. The van der Waals surface area contributed by atoms with Crippen molar-refractivity contribution in [2.24, 2.45) is 5.73 Å². The maximum absolute atomic E-state index is 10.7. The van der Waals surface area contributed by atoms with Gasteiger partial charge in [-0.3, -0.25) is 0 Å². The minimum atomic E-state index is -0.890. The Kier molecular flexibility index (Phi) is 3.65. The molecular weight excluding hydrogens is 178 g/mol. The van der Waals surface area contributed by atoms with Crippen LogP contribution < -0.4 is 5.73 Å². The van der Waals surface area contributed by atoms with E-state index in [1.54, 1.807) is 18.2 Å². The predicted molar refractivity (Wildman–Crippen MR) is 55.5 cm³/mol. The highest BCUT2D eigenvalue weighted by Crippen LogP contribution is 2.19. The maximum atomic E-state index is 10.7. The predicted octanol–water partition coefficient (Wildman–Crippen LogP) is 1.84. The molecule has 1 atom stereocenters. The molecule has 0 heterocycles. The molecule has 76 valence electrons. The molecule has 1 unspecified atom stereocenters. The fraction of sp³-hybridized carbons (Fsp3) is 0.364. The Labute approximate surface area is 83.6 Å². The van der Waals surface area contributed by atoms with Crippen LogP contribution in [0.4, 0.5) is 0 Å². The highest BCUT2D eigenvalue weighted by atomic mass is 16.4. The average molecular weight is 193 g/mol. The summed E-state index contributed by atoms with van der Waals surface area (Å²) in [5, 5.41) is 8.81. The first-order valence-electron chi connectivity index (χ1n) is 4.72. The number of nitrogens with two attached hydrogens (primary N) is 1. The van der Waals surface area contributed by atoms with Gasteiger partial charge >= 0.3 is 5.97 Å². The molecular formula is C11H15NO2. The van der Waals surface area contributed by atoms with Crippen LogP contribution in [0.3, 0.4) is 0 Å². The lowest BCUT2D eigenvalue weighted by molar-refractivity contribution is 0.0696. The molecule has 1 aromatic carbocycles. The molecule has 0 spiro atoms. The van der Waals surface area contributed by atoms with Gasteiger partial charge in [-0.1, -0.05) is 19.1 Å². The van der Waals surface area contributed by atoms with E-state index in [1.165, 1.54) is 0 Å². The van der Waals surface area contributed by atoms with Gasteiger partial charge < -0.3 is 10.8 Å². The van der Waals surface area contributed by atoms with Crippen LogP contribution in [0.5, 0.6) is 0 Å². The normalized spacial score (nSPS) is 12.4. The molecule has 3 N–H and O–H groups in total. The van der Waals surface area contributed by atoms with Gasteiger partial charge in [0.1, 0.15) is 0 Å². The van der Waals surface area contributed by atoms with Crippen LogP contribution in [0.1, 0.15) is 35.2 Å². The molecule has 0 aliphatic rings. The van der Waals surface area contributed by atoms with Crippen LogP contribution in [0.15, 0.2) is 24.3 Å². The third-order valence-corrected chi connectivity index (χ3v) is 2.38. The van der Waals surface area contributed by atoms with Gasteiger partial charge in [0.15, 0.2) is 0 Å². The summed E-state index contributed by atoms with van der Waals surface area (Å²) in [6.45, 7) is 2.60. The quantitative estimate of drug-likeness (QED) is 0.766. The molecule has 0 amide bonds. The van der Waals surface area contributed by atoms with Crippen molar-refractivity contribution >= 4 is 5.97 Å². The summed E-state index contributed by atoms with van der Waals surface area (Å²) in [6.07, 6.45) is 0.930. The molecule has 0 saturated heterocycles. The van der Waals surface area contributed by atoms with Crippen LogP contribution >= 0.6 is 0 Å². The number of carboxylic acids is 1. The van der Waals surface area contributed by atoms with E-state index in [9.17, 15) is 4.79 Å². The first-order chi connectivity index (χ1) is 6.69. The Morgan fingerprint density at radius 3 is 2.79 bits per heavy atom. The summed E-state index contributed by atoms with van der Waals surface area (Å²) >= 11 is 0. The molecule has 3 heteroatoms. The third kappa shape index (κ3) is 2.33. The second-order valence-electron chi connectivity index (χ2n) is 3.27. The number of benzene rings is 1. The Balaban J connectivity index is 2.98. The topological polar surface area (TPSA) is 63.3 Å². The van der Waals surface area contributed by atoms with Crippen molar-refractivity contribution in [1.82, 2.24) is 0 Å². The van der Waals surface area contributed by atoms with Crippen LogP contribution in [0, 0.1) is 0 Å². The molecule has 0 aliphatic heterocycles. The van der Waals surface area contributed by atoms with Gasteiger partial charge in [0.25, 0.3) is 0 Å². The summed E-state index contributed by atoms with van der Waals surface area (Å²) in [5.41, 5.74) is 6.93. The lowest BCUT2D eigenvalue weighted by atomic mass is 9.95. The fourth-order valence-corrected chi connectivity index (χ4v) is 1.46. The molecule has 14 heavy (non-hydrogen) atoms. The van der Waals surface area contributed by atoms with Crippen LogP contribution in [0.25, 0.3) is 0 Å². The molecule has 0 radical (unpaired) electrons. The maximum Gasteiger partial charge on any atom is 0.335 e. The van der Waals surface area contributed by atoms with Crippen LogP contribution in [-0.4, -0.2) is 17.6 Å². The lowest BCUT2D eigenvalue weighted by Gasteiger charge is -2.12. The Morgan fingerprint density at radius 1 is 1.57 bits per heavy atom. The third-order valence-electron chi connectivity index (χ3n) is 2.38. The summed E-state index contributed by atoms with van der Waals surface area (Å²) in [5.74, 6) is -0.631. The van der Waals surface area contributed by atoms with E-state index in [1.807, 2.05) is 13.0 Å². The van der Waals surface area contributed by atoms with Gasteiger partial charge in [0.2, 0.25) is 0 Å². The van der Waals surface area contributed by atoms with Crippen molar-refractivity contribution in [2.45, 2.75) is 19.3 Å². The van der Waals surface area contributed by atoms with Gasteiger partial charge in [-0.25, -0.2) is 4.79 Å². The van der Waals surface area contributed by atoms with Gasteiger partial charge in [0, 0.05) is 0 Å². The van der Waals surface area contributed by atoms with Crippen molar-refractivity contribution < 1.29 is 9.90 Å². The van der Waals surface area contributed by atoms with Crippen molar-refractivity contribution in [3.8, 4) is 0 Å². The number of carboxylic acid groups (broad SMARTS) is 1. The molecule has 1 aromatic rings. The first-order valence-corrected chi connectivity index (χ1v) is 4.72. The molecule has 0 saturated carbocycles. The minimum Gasteiger partial charge on any atom is -0.478 e. The second-order valence-corrected chi connectivity index (χ2v) is 3.27. The number of hydrogen-bond donors (Lipinski definition) is 2. The standard InChI is InChI=1S/C11H15NO2/c1-2-8(7-12)9-4-3-5-10(6-9)11(13)14/h3-6,8H,2,7,12H2,1H3,(H,13,14). The molecule has 0 aliphatic carbocycles. The van der Waals surface area contributed by atoms with E-state index in [4.69, 9.17) is 10.8 Å². The highest BCUT2D eigenvalue weighted by molar-refractivity contribution is 5.87. The Morgan fingerprint density at radius 2 is 2.29 bits per heavy atom. The minimum absolute atomic E-state index is 0.259. The SMILES string of the molecule is CCC(CN)c1cccc(C(=O)O)c1. The largest absolute Gasteiger partial charge is 0.478 e. The monoisotopic (exact) mass is 193 g/mol. The molecule has 0 aromatic heterocycles. The van der Waals surface area contributed by atoms with Crippen molar-refractivity contribution in [3.05, 3.63) is 35.4 Å².